The maximum Gasteiger partial charge on any atom is 0.426 e. The average molecular weight is 364 g/mol. The summed E-state index contributed by atoms with van der Waals surface area (Å²) in [5.41, 5.74) is 1.45. The van der Waals surface area contributed by atoms with E-state index in [0.29, 0.717) is 27.5 Å². The molecule has 2 nitrogen and oxygen atoms in total. The summed E-state index contributed by atoms with van der Waals surface area (Å²) in [4.78, 5) is -0.120. The fourth-order valence-corrected chi connectivity index (χ4v) is 3.36. The Labute approximate surface area is 147 Å². The number of ether oxygens (including phenoxy) is 1. The molecular formula is C19H15F3O2S. The van der Waals surface area contributed by atoms with Crippen LogP contribution in [0.3, 0.4) is 0 Å². The number of benzene rings is 2. The number of aliphatic hydroxyl groups excluding tert-OH is 1. The van der Waals surface area contributed by atoms with Gasteiger partial charge in [-0.2, -0.15) is 13.2 Å². The number of thiophene rings is 1. The van der Waals surface area contributed by atoms with Crippen LogP contribution in [0.4, 0.5) is 13.2 Å². The zero-order valence-electron chi connectivity index (χ0n) is 13.1. The summed E-state index contributed by atoms with van der Waals surface area (Å²) in [7, 11) is 0. The van der Waals surface area contributed by atoms with Crippen molar-refractivity contribution >= 4 is 11.3 Å². The van der Waals surface area contributed by atoms with E-state index in [1.165, 1.54) is 6.07 Å². The molecule has 0 fully saturated rings. The second-order valence-corrected chi connectivity index (χ2v) is 6.55. The summed E-state index contributed by atoms with van der Waals surface area (Å²) in [5, 5.41) is 9.01. The van der Waals surface area contributed by atoms with E-state index in [0.717, 1.165) is 5.56 Å². The van der Waals surface area contributed by atoms with Gasteiger partial charge in [-0.15, -0.1) is 11.3 Å². The van der Waals surface area contributed by atoms with Crippen molar-refractivity contribution in [2.24, 2.45) is 0 Å². The topological polar surface area (TPSA) is 29.5 Å². The van der Waals surface area contributed by atoms with Gasteiger partial charge >= 0.3 is 6.18 Å². The molecule has 0 saturated carbocycles. The maximum absolute atomic E-state index is 13.3. The molecule has 3 rings (SSSR count). The molecule has 0 unspecified atom stereocenters. The number of aliphatic hydroxyl groups is 1. The van der Waals surface area contributed by atoms with E-state index in [9.17, 15) is 13.2 Å². The Kier molecular flexibility index (Phi) is 5.11. The quantitative estimate of drug-likeness (QED) is 0.647. The zero-order valence-corrected chi connectivity index (χ0v) is 13.9. The average Bonchev–Trinajstić information content (AvgIpc) is 3.06. The first-order valence-corrected chi connectivity index (χ1v) is 8.37. The summed E-state index contributed by atoms with van der Waals surface area (Å²) >= 11 is 0.698. The minimum absolute atomic E-state index is 0.0546. The van der Waals surface area contributed by atoms with Gasteiger partial charge in [-0.3, -0.25) is 0 Å². The summed E-state index contributed by atoms with van der Waals surface area (Å²) in [5.74, 6) is 0.542. The van der Waals surface area contributed by atoms with Crippen LogP contribution in [0.1, 0.15) is 15.3 Å². The largest absolute Gasteiger partial charge is 0.488 e. The van der Waals surface area contributed by atoms with E-state index in [1.54, 1.807) is 54.6 Å². The second kappa shape index (κ2) is 7.29. The van der Waals surface area contributed by atoms with E-state index >= 15 is 0 Å². The van der Waals surface area contributed by atoms with Gasteiger partial charge in [0.25, 0.3) is 0 Å². The molecule has 0 amide bonds. The molecule has 130 valence electrons. The highest BCUT2D eigenvalue weighted by Crippen LogP contribution is 2.43. The lowest BCUT2D eigenvalue weighted by Crippen LogP contribution is -2.03. The molecule has 0 spiro atoms. The van der Waals surface area contributed by atoms with Crippen molar-refractivity contribution in [3.8, 4) is 16.9 Å². The van der Waals surface area contributed by atoms with Crippen LogP contribution in [0.2, 0.25) is 0 Å². The van der Waals surface area contributed by atoms with Crippen LogP contribution < -0.4 is 4.74 Å². The third-order valence-electron chi connectivity index (χ3n) is 3.61. The third-order valence-corrected chi connectivity index (χ3v) is 4.77. The lowest BCUT2D eigenvalue weighted by atomic mass is 10.1. The van der Waals surface area contributed by atoms with Crippen LogP contribution in [0.5, 0.6) is 5.75 Å². The minimum atomic E-state index is -4.41. The fourth-order valence-electron chi connectivity index (χ4n) is 2.40. The van der Waals surface area contributed by atoms with Crippen LogP contribution in [-0.2, 0) is 19.4 Å². The number of rotatable bonds is 5. The van der Waals surface area contributed by atoms with Crippen molar-refractivity contribution in [2.75, 3.05) is 0 Å². The van der Waals surface area contributed by atoms with Crippen LogP contribution in [0.25, 0.3) is 11.1 Å². The zero-order chi connectivity index (χ0) is 17.9. The standard InChI is InChI=1S/C19H15F3O2S/c20-19(21,22)18-17(14-4-2-1-3-5-14)10-16(25-18)12-24-15-8-6-13(11-23)7-9-15/h1-10,23H,11-12H2. The van der Waals surface area contributed by atoms with Crippen molar-refractivity contribution in [3.63, 3.8) is 0 Å². The fraction of sp³-hybridized carbons (Fsp3) is 0.158. The number of hydrogen-bond acceptors (Lipinski definition) is 3. The van der Waals surface area contributed by atoms with Crippen molar-refractivity contribution in [1.29, 1.82) is 0 Å². The van der Waals surface area contributed by atoms with Crippen molar-refractivity contribution < 1.29 is 23.0 Å². The minimum Gasteiger partial charge on any atom is -0.488 e. The Morgan fingerprint density at radius 3 is 2.24 bits per heavy atom. The first-order valence-electron chi connectivity index (χ1n) is 7.55. The predicted molar refractivity (Wildman–Crippen MR) is 91.5 cm³/mol. The van der Waals surface area contributed by atoms with Crippen molar-refractivity contribution in [1.82, 2.24) is 0 Å². The van der Waals surface area contributed by atoms with E-state index in [1.807, 2.05) is 0 Å². The Hall–Kier alpha value is -2.31. The van der Waals surface area contributed by atoms with E-state index in [-0.39, 0.29) is 18.8 Å². The van der Waals surface area contributed by atoms with Gasteiger partial charge in [-0.1, -0.05) is 42.5 Å². The molecule has 0 aliphatic heterocycles. The predicted octanol–water partition coefficient (Wildman–Crippen LogP) is 5.51. The first-order chi connectivity index (χ1) is 12.0. The number of alkyl halides is 3. The van der Waals surface area contributed by atoms with Gasteiger partial charge in [0, 0.05) is 10.4 Å². The molecule has 0 bridgehead atoms. The second-order valence-electron chi connectivity index (χ2n) is 5.41. The molecular weight excluding hydrogens is 349 g/mol. The van der Waals surface area contributed by atoms with Crippen LogP contribution in [-0.4, -0.2) is 5.11 Å². The highest BCUT2D eigenvalue weighted by molar-refractivity contribution is 7.12. The molecule has 25 heavy (non-hydrogen) atoms. The summed E-state index contributed by atoms with van der Waals surface area (Å²) in [6.45, 7) is -0.0143. The van der Waals surface area contributed by atoms with E-state index in [4.69, 9.17) is 9.84 Å². The van der Waals surface area contributed by atoms with Gasteiger partial charge in [0.2, 0.25) is 0 Å². The molecule has 2 aromatic carbocycles. The Morgan fingerprint density at radius 1 is 0.960 bits per heavy atom. The monoisotopic (exact) mass is 364 g/mol. The molecule has 1 N–H and O–H groups in total. The maximum atomic E-state index is 13.3. The molecule has 1 aromatic heterocycles. The lowest BCUT2D eigenvalue weighted by molar-refractivity contribution is -0.133. The molecule has 1 heterocycles. The van der Waals surface area contributed by atoms with Crippen molar-refractivity contribution in [2.45, 2.75) is 19.4 Å². The van der Waals surface area contributed by atoms with Crippen LogP contribution in [0.15, 0.2) is 60.7 Å². The molecule has 0 radical (unpaired) electrons. The van der Waals surface area contributed by atoms with Gasteiger partial charge in [-0.25, -0.2) is 0 Å². The van der Waals surface area contributed by atoms with Gasteiger partial charge < -0.3 is 9.84 Å². The Morgan fingerprint density at radius 2 is 1.64 bits per heavy atom. The van der Waals surface area contributed by atoms with Gasteiger partial charge in [0.15, 0.2) is 0 Å². The smallest absolute Gasteiger partial charge is 0.426 e. The SMILES string of the molecule is OCc1ccc(OCc2cc(-c3ccccc3)c(C(F)(F)F)s2)cc1. The third kappa shape index (κ3) is 4.21. The molecule has 0 aliphatic rings. The van der Waals surface area contributed by atoms with Crippen LogP contribution in [0, 0.1) is 0 Å². The Bertz CT molecular complexity index is 824. The first kappa shape index (κ1) is 17.5. The molecule has 6 heteroatoms. The molecule has 0 atom stereocenters. The van der Waals surface area contributed by atoms with Gasteiger partial charge in [0.05, 0.1) is 6.61 Å². The summed E-state index contributed by atoms with van der Waals surface area (Å²) in [6, 6.07) is 16.8. The summed E-state index contributed by atoms with van der Waals surface area (Å²) in [6.07, 6.45) is -4.41. The van der Waals surface area contributed by atoms with Crippen LogP contribution >= 0.6 is 11.3 Å². The van der Waals surface area contributed by atoms with Gasteiger partial charge in [0.1, 0.15) is 17.2 Å². The lowest BCUT2D eigenvalue weighted by Gasteiger charge is -2.07. The van der Waals surface area contributed by atoms with Crippen molar-refractivity contribution in [3.05, 3.63) is 76.0 Å². The molecule has 3 aromatic rings. The normalized spacial score (nSPS) is 11.5. The highest BCUT2D eigenvalue weighted by Gasteiger charge is 2.36. The van der Waals surface area contributed by atoms with E-state index in [2.05, 4.69) is 0 Å². The van der Waals surface area contributed by atoms with E-state index < -0.39 is 11.1 Å². The van der Waals surface area contributed by atoms with Gasteiger partial charge in [-0.05, 0) is 29.3 Å². The molecule has 0 saturated heterocycles. The Balaban J connectivity index is 1.83. The molecule has 0 aliphatic carbocycles. The highest BCUT2D eigenvalue weighted by atomic mass is 32.1. The summed E-state index contributed by atoms with van der Waals surface area (Å²) < 4.78 is 45.6. The number of halogens is 3. The number of hydrogen-bond donors (Lipinski definition) is 1.